The van der Waals surface area contributed by atoms with E-state index in [2.05, 4.69) is 10.4 Å². The molecule has 0 spiro atoms. The second kappa shape index (κ2) is 8.14. The van der Waals surface area contributed by atoms with Crippen LogP contribution in [0.5, 0.6) is 0 Å². The third-order valence-electron chi connectivity index (χ3n) is 3.18. The number of amides is 1. The Labute approximate surface area is 140 Å². The molecule has 0 aliphatic carbocycles. The Kier molecular flexibility index (Phi) is 5.95. The van der Waals surface area contributed by atoms with Crippen LogP contribution in [-0.4, -0.2) is 35.1 Å². The van der Waals surface area contributed by atoms with Crippen LogP contribution in [0.25, 0.3) is 5.69 Å². The van der Waals surface area contributed by atoms with Crippen LogP contribution in [0.2, 0.25) is 0 Å². The van der Waals surface area contributed by atoms with Gasteiger partial charge in [-0.2, -0.15) is 5.10 Å². The molecular formula is C17H21N3O4. The van der Waals surface area contributed by atoms with Crippen LogP contribution in [0, 0.1) is 6.92 Å². The first kappa shape index (κ1) is 17.5. The second-order valence-electron chi connectivity index (χ2n) is 5.05. The van der Waals surface area contributed by atoms with Gasteiger partial charge in [0, 0.05) is 6.54 Å². The lowest BCUT2D eigenvalue weighted by Gasteiger charge is -2.09. The molecule has 0 fully saturated rings. The van der Waals surface area contributed by atoms with Gasteiger partial charge in [0.1, 0.15) is 0 Å². The van der Waals surface area contributed by atoms with Gasteiger partial charge in [-0.05, 0) is 44.5 Å². The van der Waals surface area contributed by atoms with Crippen LogP contribution >= 0.6 is 0 Å². The summed E-state index contributed by atoms with van der Waals surface area (Å²) in [6.07, 6.45) is -0.468. The Balaban J connectivity index is 2.22. The maximum absolute atomic E-state index is 12.1. The number of aromatic nitrogens is 2. The van der Waals surface area contributed by atoms with Crippen molar-refractivity contribution >= 4 is 12.1 Å². The van der Waals surface area contributed by atoms with E-state index in [1.54, 1.807) is 24.6 Å². The Bertz CT molecular complexity index is 724. The molecule has 0 saturated heterocycles. The molecule has 128 valence electrons. The number of carbonyl (C=O) groups is 2. The number of hydrogen-bond acceptors (Lipinski definition) is 5. The predicted octanol–water partition coefficient (Wildman–Crippen LogP) is 2.60. The molecule has 1 aromatic carbocycles. The van der Waals surface area contributed by atoms with Gasteiger partial charge in [-0.25, -0.2) is 14.3 Å². The number of ether oxygens (including phenoxy) is 2. The van der Waals surface area contributed by atoms with Crippen molar-refractivity contribution < 1.29 is 19.1 Å². The topological polar surface area (TPSA) is 82.5 Å². The molecule has 24 heavy (non-hydrogen) atoms. The number of rotatable bonds is 6. The van der Waals surface area contributed by atoms with Gasteiger partial charge < -0.3 is 14.8 Å². The van der Waals surface area contributed by atoms with E-state index >= 15 is 0 Å². The summed E-state index contributed by atoms with van der Waals surface area (Å²) in [6.45, 7) is 6.26. The molecule has 0 aliphatic rings. The smallest absolute Gasteiger partial charge is 0.407 e. The Morgan fingerprint density at radius 3 is 2.62 bits per heavy atom. The van der Waals surface area contributed by atoms with E-state index < -0.39 is 12.1 Å². The average molecular weight is 331 g/mol. The SMILES string of the molecule is CCOC(=O)NCc1cccc(-n2nc(C)cc2C(=O)OCC)c1. The molecular weight excluding hydrogens is 310 g/mol. The fraction of sp³-hybridized carbons (Fsp3) is 0.353. The van der Waals surface area contributed by atoms with E-state index in [-0.39, 0.29) is 0 Å². The van der Waals surface area contributed by atoms with Crippen molar-refractivity contribution in [2.45, 2.75) is 27.3 Å². The number of benzene rings is 1. The number of hydrogen-bond donors (Lipinski definition) is 1. The van der Waals surface area contributed by atoms with Crippen LogP contribution in [0.4, 0.5) is 4.79 Å². The van der Waals surface area contributed by atoms with Crippen molar-refractivity contribution in [3.63, 3.8) is 0 Å². The fourth-order valence-corrected chi connectivity index (χ4v) is 2.20. The van der Waals surface area contributed by atoms with Crippen molar-refractivity contribution in [1.82, 2.24) is 15.1 Å². The quantitative estimate of drug-likeness (QED) is 0.823. The second-order valence-corrected chi connectivity index (χ2v) is 5.05. The van der Waals surface area contributed by atoms with Gasteiger partial charge in [0.25, 0.3) is 0 Å². The predicted molar refractivity (Wildman–Crippen MR) is 88.1 cm³/mol. The molecule has 0 radical (unpaired) electrons. The number of esters is 1. The van der Waals surface area contributed by atoms with Gasteiger partial charge in [-0.1, -0.05) is 12.1 Å². The lowest BCUT2D eigenvalue weighted by atomic mass is 10.2. The van der Waals surface area contributed by atoms with Crippen molar-refractivity contribution in [1.29, 1.82) is 0 Å². The maximum atomic E-state index is 12.1. The van der Waals surface area contributed by atoms with Crippen LogP contribution in [0.1, 0.15) is 35.6 Å². The molecule has 7 heteroatoms. The number of carbonyl (C=O) groups excluding carboxylic acids is 2. The Morgan fingerprint density at radius 1 is 1.17 bits per heavy atom. The zero-order valence-electron chi connectivity index (χ0n) is 14.0. The number of nitrogens with zero attached hydrogens (tertiary/aromatic N) is 2. The number of alkyl carbamates (subject to hydrolysis) is 1. The van der Waals surface area contributed by atoms with Crippen molar-refractivity contribution in [2.75, 3.05) is 13.2 Å². The molecule has 2 aromatic rings. The van der Waals surface area contributed by atoms with E-state index in [0.717, 1.165) is 5.56 Å². The Hall–Kier alpha value is -2.83. The molecule has 0 aliphatic heterocycles. The summed E-state index contributed by atoms with van der Waals surface area (Å²) in [7, 11) is 0. The lowest BCUT2D eigenvalue weighted by molar-refractivity contribution is 0.0515. The van der Waals surface area contributed by atoms with Crippen molar-refractivity contribution in [3.05, 3.63) is 47.3 Å². The molecule has 0 unspecified atom stereocenters. The highest BCUT2D eigenvalue weighted by molar-refractivity contribution is 5.88. The van der Waals surface area contributed by atoms with E-state index in [1.807, 2.05) is 31.2 Å². The van der Waals surface area contributed by atoms with Gasteiger partial charge in [0.15, 0.2) is 5.69 Å². The summed E-state index contributed by atoms with van der Waals surface area (Å²) in [5.41, 5.74) is 2.66. The normalized spacial score (nSPS) is 10.3. The van der Waals surface area contributed by atoms with Crippen molar-refractivity contribution in [2.24, 2.45) is 0 Å². The van der Waals surface area contributed by atoms with E-state index in [1.165, 1.54) is 0 Å². The van der Waals surface area contributed by atoms with E-state index in [0.29, 0.717) is 36.8 Å². The molecule has 0 atom stereocenters. The maximum Gasteiger partial charge on any atom is 0.407 e. The minimum atomic E-state index is -0.468. The molecule has 1 aromatic heterocycles. The third kappa shape index (κ3) is 4.34. The highest BCUT2D eigenvalue weighted by Gasteiger charge is 2.16. The lowest BCUT2D eigenvalue weighted by Crippen LogP contribution is -2.23. The van der Waals surface area contributed by atoms with Crippen LogP contribution < -0.4 is 5.32 Å². The summed E-state index contributed by atoms with van der Waals surface area (Å²) in [4.78, 5) is 23.4. The van der Waals surface area contributed by atoms with Crippen LogP contribution in [-0.2, 0) is 16.0 Å². The molecule has 7 nitrogen and oxygen atoms in total. The van der Waals surface area contributed by atoms with E-state index in [4.69, 9.17) is 9.47 Å². The average Bonchev–Trinajstić information content (AvgIpc) is 2.96. The van der Waals surface area contributed by atoms with Gasteiger partial charge in [-0.15, -0.1) is 0 Å². The monoisotopic (exact) mass is 331 g/mol. The van der Waals surface area contributed by atoms with Gasteiger partial charge in [0.05, 0.1) is 24.6 Å². The molecule has 2 rings (SSSR count). The number of nitrogens with one attached hydrogen (secondary N) is 1. The molecule has 1 heterocycles. The van der Waals surface area contributed by atoms with Crippen molar-refractivity contribution in [3.8, 4) is 5.69 Å². The first-order chi connectivity index (χ1) is 11.5. The molecule has 1 N–H and O–H groups in total. The largest absolute Gasteiger partial charge is 0.461 e. The zero-order chi connectivity index (χ0) is 17.5. The fourth-order valence-electron chi connectivity index (χ4n) is 2.20. The first-order valence-electron chi connectivity index (χ1n) is 7.78. The minimum absolute atomic E-state index is 0.298. The van der Waals surface area contributed by atoms with Gasteiger partial charge in [0.2, 0.25) is 0 Å². The summed E-state index contributed by atoms with van der Waals surface area (Å²) in [5.74, 6) is -0.423. The van der Waals surface area contributed by atoms with Gasteiger partial charge >= 0.3 is 12.1 Å². The summed E-state index contributed by atoms with van der Waals surface area (Å²) >= 11 is 0. The summed E-state index contributed by atoms with van der Waals surface area (Å²) in [6, 6.07) is 9.07. The van der Waals surface area contributed by atoms with E-state index in [9.17, 15) is 9.59 Å². The highest BCUT2D eigenvalue weighted by atomic mass is 16.5. The van der Waals surface area contributed by atoms with Crippen LogP contribution in [0.15, 0.2) is 30.3 Å². The standard InChI is InChI=1S/C17H21N3O4/c1-4-23-16(21)15-9-12(3)19-20(15)14-8-6-7-13(10-14)11-18-17(22)24-5-2/h6-10H,4-5,11H2,1-3H3,(H,18,22). The highest BCUT2D eigenvalue weighted by Crippen LogP contribution is 2.15. The zero-order valence-corrected chi connectivity index (χ0v) is 14.0. The molecule has 0 bridgehead atoms. The van der Waals surface area contributed by atoms with Crippen LogP contribution in [0.3, 0.4) is 0 Å². The third-order valence-corrected chi connectivity index (χ3v) is 3.18. The summed E-state index contributed by atoms with van der Waals surface area (Å²) < 4.78 is 11.4. The minimum Gasteiger partial charge on any atom is -0.461 e. The summed E-state index contributed by atoms with van der Waals surface area (Å²) in [5, 5.41) is 7.01. The molecule has 1 amide bonds. The molecule has 0 saturated carbocycles. The first-order valence-corrected chi connectivity index (χ1v) is 7.78. The Morgan fingerprint density at radius 2 is 1.92 bits per heavy atom. The number of aryl methyl sites for hydroxylation is 1. The van der Waals surface area contributed by atoms with Gasteiger partial charge in [-0.3, -0.25) is 0 Å².